The zero-order chi connectivity index (χ0) is 16.6. The first-order valence-corrected chi connectivity index (χ1v) is 7.20. The van der Waals surface area contributed by atoms with Gasteiger partial charge in [-0.25, -0.2) is 4.39 Å². The van der Waals surface area contributed by atoms with Crippen LogP contribution in [0.1, 0.15) is 39.5 Å². The van der Waals surface area contributed by atoms with Crippen molar-refractivity contribution in [3.05, 3.63) is 30.1 Å². The van der Waals surface area contributed by atoms with E-state index in [0.717, 1.165) is 0 Å². The molecule has 5 nitrogen and oxygen atoms in total. The predicted octanol–water partition coefficient (Wildman–Crippen LogP) is 2.74. The minimum Gasteiger partial charge on any atom is -0.493 e. The molecule has 0 saturated carbocycles. The summed E-state index contributed by atoms with van der Waals surface area (Å²) in [6, 6.07) is 5.83. The molecule has 122 valence electrons. The Morgan fingerprint density at radius 2 is 2.05 bits per heavy atom. The van der Waals surface area contributed by atoms with Crippen LogP contribution in [0, 0.1) is 5.82 Å². The first-order valence-electron chi connectivity index (χ1n) is 7.20. The SMILES string of the molecule is CC(C)(CCC(=O)O)NC(=O)CCCOc1cccc(F)c1. The quantitative estimate of drug-likeness (QED) is 0.688. The summed E-state index contributed by atoms with van der Waals surface area (Å²) in [6.07, 6.45) is 1.15. The molecule has 6 heteroatoms. The molecule has 0 unspecified atom stereocenters. The Labute approximate surface area is 129 Å². The molecule has 0 aliphatic carbocycles. The highest BCUT2D eigenvalue weighted by molar-refractivity contribution is 5.76. The van der Waals surface area contributed by atoms with Crippen molar-refractivity contribution in [1.82, 2.24) is 5.32 Å². The number of carboxylic acids is 1. The monoisotopic (exact) mass is 311 g/mol. The van der Waals surface area contributed by atoms with Gasteiger partial charge in [-0.1, -0.05) is 6.07 Å². The number of ether oxygens (including phenoxy) is 1. The Bertz CT molecular complexity index is 517. The number of hydrogen-bond acceptors (Lipinski definition) is 3. The van der Waals surface area contributed by atoms with E-state index in [4.69, 9.17) is 9.84 Å². The lowest BCUT2D eigenvalue weighted by molar-refractivity contribution is -0.137. The molecule has 0 saturated heterocycles. The van der Waals surface area contributed by atoms with Gasteiger partial charge in [0, 0.05) is 24.4 Å². The molecule has 2 N–H and O–H groups in total. The molecule has 0 radical (unpaired) electrons. The van der Waals surface area contributed by atoms with E-state index < -0.39 is 11.5 Å². The first kappa shape index (κ1) is 17.9. The Hall–Kier alpha value is -2.11. The number of carbonyl (C=O) groups excluding carboxylic acids is 1. The van der Waals surface area contributed by atoms with Crippen molar-refractivity contribution in [2.24, 2.45) is 0 Å². The van der Waals surface area contributed by atoms with Crippen LogP contribution >= 0.6 is 0 Å². The summed E-state index contributed by atoms with van der Waals surface area (Å²) in [7, 11) is 0. The normalized spacial score (nSPS) is 11.0. The van der Waals surface area contributed by atoms with Gasteiger partial charge in [-0.15, -0.1) is 0 Å². The zero-order valence-corrected chi connectivity index (χ0v) is 12.9. The van der Waals surface area contributed by atoms with E-state index in [-0.39, 0.29) is 24.6 Å². The average Bonchev–Trinajstić information content (AvgIpc) is 2.41. The maximum absolute atomic E-state index is 12.9. The summed E-state index contributed by atoms with van der Waals surface area (Å²) in [6.45, 7) is 3.89. The minimum absolute atomic E-state index is 0.00988. The van der Waals surface area contributed by atoms with Crippen LogP contribution in [0.15, 0.2) is 24.3 Å². The number of hydrogen-bond donors (Lipinski definition) is 2. The van der Waals surface area contributed by atoms with Crippen LogP contribution in [0.5, 0.6) is 5.75 Å². The second kappa shape index (κ2) is 8.36. The van der Waals surface area contributed by atoms with E-state index >= 15 is 0 Å². The molecule has 0 aliphatic rings. The second-order valence-electron chi connectivity index (χ2n) is 5.74. The first-order chi connectivity index (χ1) is 10.3. The van der Waals surface area contributed by atoms with Gasteiger partial charge in [0.25, 0.3) is 0 Å². The number of carboxylic acid groups (broad SMARTS) is 1. The number of rotatable bonds is 9. The fourth-order valence-corrected chi connectivity index (χ4v) is 1.90. The van der Waals surface area contributed by atoms with E-state index in [2.05, 4.69) is 5.32 Å². The Morgan fingerprint density at radius 3 is 2.68 bits per heavy atom. The van der Waals surface area contributed by atoms with Crippen molar-refractivity contribution < 1.29 is 23.8 Å². The predicted molar refractivity (Wildman–Crippen MR) is 80.2 cm³/mol. The van der Waals surface area contributed by atoms with Crippen molar-refractivity contribution in [3.8, 4) is 5.75 Å². The molecule has 1 rings (SSSR count). The summed E-state index contributed by atoms with van der Waals surface area (Å²) < 4.78 is 18.3. The van der Waals surface area contributed by atoms with E-state index in [1.54, 1.807) is 26.0 Å². The van der Waals surface area contributed by atoms with Gasteiger partial charge in [0.2, 0.25) is 5.91 Å². The van der Waals surface area contributed by atoms with E-state index in [0.29, 0.717) is 25.2 Å². The van der Waals surface area contributed by atoms with Crippen molar-refractivity contribution >= 4 is 11.9 Å². The molecule has 1 amide bonds. The van der Waals surface area contributed by atoms with E-state index in [1.807, 2.05) is 0 Å². The third kappa shape index (κ3) is 7.61. The van der Waals surface area contributed by atoms with Crippen LogP contribution < -0.4 is 10.1 Å². The van der Waals surface area contributed by atoms with Gasteiger partial charge in [0.15, 0.2) is 0 Å². The van der Waals surface area contributed by atoms with Crippen LogP contribution in [0.4, 0.5) is 4.39 Å². The molecule has 22 heavy (non-hydrogen) atoms. The molecule has 0 heterocycles. The lowest BCUT2D eigenvalue weighted by Gasteiger charge is -2.25. The van der Waals surface area contributed by atoms with Gasteiger partial charge in [-0.05, 0) is 38.8 Å². The van der Waals surface area contributed by atoms with Gasteiger partial charge in [-0.3, -0.25) is 9.59 Å². The molecule has 0 spiro atoms. The number of amides is 1. The highest BCUT2D eigenvalue weighted by atomic mass is 19.1. The van der Waals surface area contributed by atoms with Crippen LogP contribution in [0.2, 0.25) is 0 Å². The molecule has 1 aromatic carbocycles. The standard InChI is InChI=1S/C16H22FNO4/c1-16(2,9-8-15(20)21)18-14(19)7-4-10-22-13-6-3-5-12(17)11-13/h3,5-6,11H,4,7-10H2,1-2H3,(H,18,19)(H,20,21). The van der Waals surface area contributed by atoms with Crippen molar-refractivity contribution in [2.75, 3.05) is 6.61 Å². The van der Waals surface area contributed by atoms with Crippen molar-refractivity contribution in [2.45, 2.75) is 45.1 Å². The van der Waals surface area contributed by atoms with Crippen molar-refractivity contribution in [1.29, 1.82) is 0 Å². The Kier molecular flexibility index (Phi) is 6.82. The van der Waals surface area contributed by atoms with Crippen molar-refractivity contribution in [3.63, 3.8) is 0 Å². The molecular weight excluding hydrogens is 289 g/mol. The third-order valence-electron chi connectivity index (χ3n) is 3.05. The second-order valence-corrected chi connectivity index (χ2v) is 5.74. The fourth-order valence-electron chi connectivity index (χ4n) is 1.90. The number of halogens is 1. The highest BCUT2D eigenvalue weighted by Gasteiger charge is 2.21. The number of aliphatic carboxylic acids is 1. The Morgan fingerprint density at radius 1 is 1.32 bits per heavy atom. The van der Waals surface area contributed by atoms with Crippen LogP contribution in [0.3, 0.4) is 0 Å². The van der Waals surface area contributed by atoms with Gasteiger partial charge >= 0.3 is 5.97 Å². The third-order valence-corrected chi connectivity index (χ3v) is 3.05. The van der Waals surface area contributed by atoms with E-state index in [9.17, 15) is 14.0 Å². The van der Waals surface area contributed by atoms with Crippen LogP contribution in [0.25, 0.3) is 0 Å². The molecule has 0 aliphatic heterocycles. The van der Waals surface area contributed by atoms with Gasteiger partial charge < -0.3 is 15.2 Å². The largest absolute Gasteiger partial charge is 0.493 e. The van der Waals surface area contributed by atoms with Gasteiger partial charge in [-0.2, -0.15) is 0 Å². The number of nitrogens with one attached hydrogen (secondary N) is 1. The fraction of sp³-hybridized carbons (Fsp3) is 0.500. The molecule has 0 fully saturated rings. The summed E-state index contributed by atoms with van der Waals surface area (Å²) in [4.78, 5) is 22.3. The maximum atomic E-state index is 12.9. The number of benzene rings is 1. The van der Waals surface area contributed by atoms with Crippen LogP contribution in [-0.4, -0.2) is 29.1 Å². The van der Waals surface area contributed by atoms with Gasteiger partial charge in [0.1, 0.15) is 11.6 Å². The molecular formula is C16H22FNO4. The topological polar surface area (TPSA) is 75.6 Å². The average molecular weight is 311 g/mol. The molecule has 0 atom stereocenters. The Balaban J connectivity index is 2.24. The summed E-state index contributed by atoms with van der Waals surface area (Å²) in [5.74, 6) is -0.971. The summed E-state index contributed by atoms with van der Waals surface area (Å²) >= 11 is 0. The van der Waals surface area contributed by atoms with E-state index in [1.165, 1.54) is 12.1 Å². The lowest BCUT2D eigenvalue weighted by atomic mass is 9.98. The highest BCUT2D eigenvalue weighted by Crippen LogP contribution is 2.13. The smallest absolute Gasteiger partial charge is 0.303 e. The molecule has 0 bridgehead atoms. The minimum atomic E-state index is -0.884. The maximum Gasteiger partial charge on any atom is 0.303 e. The number of carbonyl (C=O) groups is 2. The van der Waals surface area contributed by atoms with Crippen LogP contribution in [-0.2, 0) is 9.59 Å². The summed E-state index contributed by atoms with van der Waals surface area (Å²) in [5.41, 5.74) is -0.557. The van der Waals surface area contributed by atoms with Gasteiger partial charge in [0.05, 0.1) is 6.61 Å². The lowest BCUT2D eigenvalue weighted by Crippen LogP contribution is -2.43. The zero-order valence-electron chi connectivity index (χ0n) is 12.9. The molecule has 0 aromatic heterocycles. The molecule has 1 aromatic rings. The summed E-state index contributed by atoms with van der Waals surface area (Å²) in [5, 5.41) is 11.5.